The first kappa shape index (κ1) is 24.0. The molecule has 0 atom stereocenters. The molecular weight excluding hydrogens is 459 g/mol. The standard InChI is InChI=1S/C26H26F3N3OS/c1-17(2)14-31(25(33)23-13-12-18(3)34-23)16-24-30-21-10-6-7-11-22(21)32(24)15-19-8-4-5-9-20(19)26(27,28)29/h4-13,17H,14-16H2,1-3H3/p+1. The van der Waals surface area contributed by atoms with Crippen molar-refractivity contribution in [3.8, 4) is 0 Å². The normalized spacial score (nSPS) is 12.0. The Balaban J connectivity index is 1.76. The third-order valence-electron chi connectivity index (χ3n) is 5.62. The number of thiophene rings is 1. The van der Waals surface area contributed by atoms with Crippen LogP contribution in [0.25, 0.3) is 11.0 Å². The fourth-order valence-electron chi connectivity index (χ4n) is 4.14. The van der Waals surface area contributed by atoms with Gasteiger partial charge in [0.25, 0.3) is 11.7 Å². The Bertz CT molecular complexity index is 1310. The van der Waals surface area contributed by atoms with Crippen molar-refractivity contribution in [2.24, 2.45) is 5.92 Å². The number of aromatic nitrogens is 2. The summed E-state index contributed by atoms with van der Waals surface area (Å²) in [6.07, 6.45) is -4.44. The van der Waals surface area contributed by atoms with Gasteiger partial charge in [0.2, 0.25) is 0 Å². The Morgan fingerprint density at radius 1 is 1.06 bits per heavy atom. The molecule has 4 nitrogen and oxygen atoms in total. The van der Waals surface area contributed by atoms with Gasteiger partial charge in [-0.3, -0.25) is 4.79 Å². The molecule has 2 heterocycles. The number of benzene rings is 2. The highest BCUT2D eigenvalue weighted by Crippen LogP contribution is 2.32. The molecule has 0 saturated heterocycles. The Morgan fingerprint density at radius 3 is 2.44 bits per heavy atom. The second-order valence-electron chi connectivity index (χ2n) is 8.82. The van der Waals surface area contributed by atoms with E-state index >= 15 is 0 Å². The molecule has 178 valence electrons. The fourth-order valence-corrected chi connectivity index (χ4v) is 4.98. The number of H-pyrrole nitrogens is 1. The predicted octanol–water partition coefficient (Wildman–Crippen LogP) is 6.19. The molecule has 2 aromatic carbocycles. The molecule has 0 aliphatic heterocycles. The number of hydrogen-bond donors (Lipinski definition) is 1. The van der Waals surface area contributed by atoms with Crippen molar-refractivity contribution < 1.29 is 22.5 Å². The zero-order valence-electron chi connectivity index (χ0n) is 19.3. The largest absolute Gasteiger partial charge is 0.416 e. The highest BCUT2D eigenvalue weighted by molar-refractivity contribution is 7.13. The zero-order valence-corrected chi connectivity index (χ0v) is 20.1. The third kappa shape index (κ3) is 5.17. The molecule has 34 heavy (non-hydrogen) atoms. The van der Waals surface area contributed by atoms with Crippen molar-refractivity contribution in [3.63, 3.8) is 0 Å². The minimum Gasteiger partial charge on any atom is -0.326 e. The van der Waals surface area contributed by atoms with Gasteiger partial charge in [-0.05, 0) is 43.2 Å². The van der Waals surface area contributed by atoms with Crippen molar-refractivity contribution in [1.29, 1.82) is 0 Å². The second kappa shape index (κ2) is 9.62. The predicted molar refractivity (Wildman–Crippen MR) is 128 cm³/mol. The summed E-state index contributed by atoms with van der Waals surface area (Å²) in [4.78, 5) is 20.2. The molecular formula is C26H27F3N3OS+. The minimum absolute atomic E-state index is 0.0385. The lowest BCUT2D eigenvalue weighted by Crippen LogP contribution is -2.43. The van der Waals surface area contributed by atoms with E-state index in [4.69, 9.17) is 0 Å². The van der Waals surface area contributed by atoms with Crippen LogP contribution >= 0.6 is 11.3 Å². The van der Waals surface area contributed by atoms with Gasteiger partial charge in [-0.25, -0.2) is 9.55 Å². The van der Waals surface area contributed by atoms with Gasteiger partial charge in [0.15, 0.2) is 11.0 Å². The summed E-state index contributed by atoms with van der Waals surface area (Å²) in [6, 6.07) is 16.9. The Morgan fingerprint density at radius 2 is 1.76 bits per heavy atom. The van der Waals surface area contributed by atoms with E-state index in [1.54, 1.807) is 11.0 Å². The van der Waals surface area contributed by atoms with Crippen LogP contribution in [0.3, 0.4) is 0 Å². The second-order valence-corrected chi connectivity index (χ2v) is 10.1. The first-order valence-electron chi connectivity index (χ1n) is 11.1. The van der Waals surface area contributed by atoms with Crippen molar-refractivity contribution >= 4 is 28.3 Å². The molecule has 0 radical (unpaired) electrons. The SMILES string of the molecule is Cc1ccc(C(=O)N(Cc2[nH]c3ccccc3[n+]2Cc2ccccc2C(F)(F)F)CC(C)C)s1. The van der Waals surface area contributed by atoms with Crippen molar-refractivity contribution in [2.45, 2.75) is 40.0 Å². The van der Waals surface area contributed by atoms with Crippen molar-refractivity contribution in [3.05, 3.63) is 87.4 Å². The van der Waals surface area contributed by atoms with Gasteiger partial charge < -0.3 is 4.90 Å². The quantitative estimate of drug-likeness (QED) is 0.311. The van der Waals surface area contributed by atoms with Crippen LogP contribution in [0, 0.1) is 12.8 Å². The smallest absolute Gasteiger partial charge is 0.326 e. The van der Waals surface area contributed by atoms with Crippen LogP contribution in [-0.4, -0.2) is 22.3 Å². The summed E-state index contributed by atoms with van der Waals surface area (Å²) < 4.78 is 42.9. The van der Waals surface area contributed by atoms with E-state index in [2.05, 4.69) is 4.98 Å². The van der Waals surface area contributed by atoms with Crippen LogP contribution < -0.4 is 4.57 Å². The lowest BCUT2D eigenvalue weighted by atomic mass is 10.1. The fraction of sp³-hybridized carbons (Fsp3) is 0.308. The van der Waals surface area contributed by atoms with Gasteiger partial charge in [0, 0.05) is 17.0 Å². The summed E-state index contributed by atoms with van der Waals surface area (Å²) in [5.41, 5.74) is 1.13. The number of para-hydroxylation sites is 2. The zero-order chi connectivity index (χ0) is 24.5. The van der Waals surface area contributed by atoms with Crippen LogP contribution in [0.1, 0.15) is 45.3 Å². The maximum absolute atomic E-state index is 13.7. The van der Waals surface area contributed by atoms with E-state index < -0.39 is 11.7 Å². The molecule has 2 aromatic heterocycles. The molecule has 0 bridgehead atoms. The number of carbonyl (C=O) groups is 1. The highest BCUT2D eigenvalue weighted by Gasteiger charge is 2.34. The van der Waals surface area contributed by atoms with Crippen molar-refractivity contribution in [1.82, 2.24) is 9.88 Å². The number of aryl methyl sites for hydroxylation is 1. The summed E-state index contributed by atoms with van der Waals surface area (Å²) in [5, 5.41) is 0. The molecule has 1 N–H and O–H groups in total. The number of fused-ring (bicyclic) bond motifs is 1. The molecule has 8 heteroatoms. The van der Waals surface area contributed by atoms with Crippen molar-refractivity contribution in [2.75, 3.05) is 6.54 Å². The van der Waals surface area contributed by atoms with Gasteiger partial charge in [-0.2, -0.15) is 13.2 Å². The average molecular weight is 487 g/mol. The van der Waals surface area contributed by atoms with Crippen LogP contribution in [0.15, 0.2) is 60.7 Å². The van der Waals surface area contributed by atoms with E-state index in [1.165, 1.54) is 23.5 Å². The van der Waals surface area contributed by atoms with Crippen LogP contribution in [-0.2, 0) is 19.3 Å². The number of carbonyl (C=O) groups excluding carboxylic acids is 1. The number of alkyl halides is 3. The molecule has 0 saturated carbocycles. The summed E-state index contributed by atoms with van der Waals surface area (Å²) >= 11 is 1.45. The van der Waals surface area contributed by atoms with Gasteiger partial charge >= 0.3 is 6.18 Å². The number of nitrogens with one attached hydrogen (secondary N) is 1. The van der Waals surface area contributed by atoms with E-state index in [0.29, 0.717) is 17.2 Å². The van der Waals surface area contributed by atoms with Gasteiger partial charge in [-0.1, -0.05) is 44.2 Å². The topological polar surface area (TPSA) is 40.0 Å². The number of amides is 1. The third-order valence-corrected chi connectivity index (χ3v) is 6.60. The van der Waals surface area contributed by atoms with Crippen LogP contribution in [0.2, 0.25) is 0 Å². The summed E-state index contributed by atoms with van der Waals surface area (Å²) in [6.45, 7) is 6.87. The molecule has 0 aliphatic carbocycles. The number of imidazole rings is 1. The van der Waals surface area contributed by atoms with Gasteiger partial charge in [0.1, 0.15) is 13.1 Å². The highest BCUT2D eigenvalue weighted by atomic mass is 32.1. The first-order chi connectivity index (χ1) is 16.1. The summed E-state index contributed by atoms with van der Waals surface area (Å²) in [7, 11) is 0. The molecule has 0 aliphatic rings. The Hall–Kier alpha value is -3.13. The number of halogens is 3. The van der Waals surface area contributed by atoms with Gasteiger partial charge in [-0.15, -0.1) is 11.3 Å². The Labute approximate surface area is 200 Å². The maximum Gasteiger partial charge on any atom is 0.416 e. The van der Waals surface area contributed by atoms with Gasteiger partial charge in [0.05, 0.1) is 10.4 Å². The first-order valence-corrected chi connectivity index (χ1v) is 12.0. The Kier molecular flexibility index (Phi) is 6.79. The number of hydrogen-bond acceptors (Lipinski definition) is 2. The van der Waals surface area contributed by atoms with Crippen LogP contribution in [0.4, 0.5) is 13.2 Å². The van der Waals surface area contributed by atoms with E-state index in [9.17, 15) is 18.0 Å². The molecule has 4 aromatic rings. The van der Waals surface area contributed by atoms with E-state index in [0.717, 1.165) is 22.0 Å². The number of aromatic amines is 1. The lowest BCUT2D eigenvalue weighted by molar-refractivity contribution is -0.671. The average Bonchev–Trinajstić information content (AvgIpc) is 3.36. The molecule has 0 unspecified atom stereocenters. The number of nitrogens with zero attached hydrogens (tertiary/aromatic N) is 2. The van der Waals surface area contributed by atoms with Crippen LogP contribution in [0.5, 0.6) is 0 Å². The molecule has 0 fully saturated rings. The lowest BCUT2D eigenvalue weighted by Gasteiger charge is -2.22. The molecule has 4 rings (SSSR count). The minimum atomic E-state index is -4.44. The molecule has 0 spiro atoms. The van der Waals surface area contributed by atoms with E-state index in [-0.39, 0.29) is 30.5 Å². The summed E-state index contributed by atoms with van der Waals surface area (Å²) in [5.74, 6) is 0.835. The molecule has 1 amide bonds. The monoisotopic (exact) mass is 486 g/mol. The van der Waals surface area contributed by atoms with E-state index in [1.807, 2.05) is 61.7 Å². The maximum atomic E-state index is 13.7. The number of rotatable bonds is 7.